The zero-order valence-corrected chi connectivity index (χ0v) is 29.8. The van der Waals surface area contributed by atoms with Crippen LogP contribution in [0, 0.1) is 0 Å². The fourth-order valence-corrected chi connectivity index (χ4v) is 8.21. The molecule has 1 aromatic heterocycles. The van der Waals surface area contributed by atoms with Crippen molar-refractivity contribution >= 4 is 65.9 Å². The van der Waals surface area contributed by atoms with Crippen LogP contribution in [0.1, 0.15) is 22.9 Å². The Hall–Kier alpha value is -7.30. The number of hydrogen-bond acceptors (Lipinski definition) is 4. The van der Waals surface area contributed by atoms with Crippen molar-refractivity contribution in [3.05, 3.63) is 205 Å². The molecule has 0 fully saturated rings. The van der Waals surface area contributed by atoms with E-state index >= 15 is 0 Å². The molecule has 0 radical (unpaired) electrons. The second kappa shape index (κ2) is 12.7. The maximum absolute atomic E-state index is 6.76. The molecule has 1 N–H and O–H groups in total. The molecule has 1 aliphatic heterocycles. The van der Waals surface area contributed by atoms with Crippen molar-refractivity contribution in [3.8, 4) is 22.3 Å². The van der Waals surface area contributed by atoms with Gasteiger partial charge in [0.25, 0.3) is 0 Å². The lowest BCUT2D eigenvalue weighted by Gasteiger charge is -2.24. The van der Waals surface area contributed by atoms with Crippen molar-refractivity contribution in [3.63, 3.8) is 0 Å². The summed E-state index contributed by atoms with van der Waals surface area (Å²) < 4.78 is 6.76. The van der Waals surface area contributed by atoms with E-state index in [4.69, 9.17) is 14.4 Å². The summed E-state index contributed by atoms with van der Waals surface area (Å²) >= 11 is 0. The second-order valence-electron chi connectivity index (χ2n) is 14.2. The van der Waals surface area contributed by atoms with Gasteiger partial charge >= 0.3 is 0 Å². The third-order valence-corrected chi connectivity index (χ3v) is 10.9. The molecule has 0 spiro atoms. The van der Waals surface area contributed by atoms with Crippen LogP contribution >= 0.6 is 0 Å². The van der Waals surface area contributed by atoms with Crippen LogP contribution in [-0.4, -0.2) is 11.7 Å². The maximum Gasteiger partial charge on any atom is 0.159 e. The highest BCUT2D eigenvalue weighted by Crippen LogP contribution is 2.40. The maximum atomic E-state index is 6.76. The first-order valence-corrected chi connectivity index (χ1v) is 18.7. The monoisotopic (exact) mass is 703 g/mol. The fraction of sp³-hybridized carbons (Fsp3) is 0.0196. The average molecular weight is 704 g/mol. The van der Waals surface area contributed by atoms with Gasteiger partial charge < -0.3 is 9.73 Å². The summed E-state index contributed by atoms with van der Waals surface area (Å²) in [4.78, 5) is 10.6. The number of benzene rings is 9. The molecule has 0 saturated carbocycles. The van der Waals surface area contributed by atoms with Crippen LogP contribution in [0.5, 0.6) is 0 Å². The predicted molar refractivity (Wildman–Crippen MR) is 229 cm³/mol. The van der Waals surface area contributed by atoms with E-state index in [1.807, 2.05) is 6.07 Å². The van der Waals surface area contributed by atoms with Crippen LogP contribution in [0.4, 0.5) is 0 Å². The summed E-state index contributed by atoms with van der Waals surface area (Å²) in [5.74, 6) is 1.42. The van der Waals surface area contributed by atoms with Crippen LogP contribution in [0.3, 0.4) is 0 Å². The quantitative estimate of drug-likeness (QED) is 0.194. The lowest BCUT2D eigenvalue weighted by Crippen LogP contribution is -2.33. The van der Waals surface area contributed by atoms with Crippen LogP contribution in [0.25, 0.3) is 76.5 Å². The summed E-state index contributed by atoms with van der Waals surface area (Å²) in [7, 11) is 0. The Bertz CT molecular complexity index is 3160. The number of rotatable bonds is 5. The van der Waals surface area contributed by atoms with E-state index in [1.165, 1.54) is 27.1 Å². The third kappa shape index (κ3) is 5.38. The lowest BCUT2D eigenvalue weighted by atomic mass is 9.94. The van der Waals surface area contributed by atoms with Gasteiger partial charge in [-0.1, -0.05) is 164 Å². The van der Waals surface area contributed by atoms with Crippen LogP contribution in [0.15, 0.2) is 202 Å². The van der Waals surface area contributed by atoms with Gasteiger partial charge in [0.2, 0.25) is 0 Å². The number of nitrogens with zero attached hydrogens (tertiary/aromatic N) is 2. The molecule has 1 aliphatic rings. The SMILES string of the molecule is c1ccc(C2N=C(c3ccc(-c4cccc5ccccc45)cc3)N=C(c3cc(-c4cccc5ccccc45)cc4oc5cc6ccccc6cc5c34)N2)cc1. The van der Waals surface area contributed by atoms with Gasteiger partial charge in [0.05, 0.1) is 0 Å². The van der Waals surface area contributed by atoms with Gasteiger partial charge in [-0.25, -0.2) is 9.98 Å². The third-order valence-electron chi connectivity index (χ3n) is 10.9. The van der Waals surface area contributed by atoms with E-state index in [9.17, 15) is 0 Å². The molecule has 2 heterocycles. The number of amidine groups is 2. The minimum atomic E-state index is -0.350. The fourth-order valence-electron chi connectivity index (χ4n) is 8.21. The molecular weight excluding hydrogens is 671 g/mol. The zero-order valence-electron chi connectivity index (χ0n) is 29.8. The van der Waals surface area contributed by atoms with E-state index in [-0.39, 0.29) is 6.17 Å². The van der Waals surface area contributed by atoms with Crippen molar-refractivity contribution in [1.29, 1.82) is 0 Å². The Balaban J connectivity index is 1.12. The Morgan fingerprint density at radius 1 is 0.418 bits per heavy atom. The summed E-state index contributed by atoms with van der Waals surface area (Å²) in [6.45, 7) is 0. The Morgan fingerprint density at radius 3 is 1.71 bits per heavy atom. The van der Waals surface area contributed by atoms with E-state index in [0.717, 1.165) is 71.9 Å². The standard InChI is InChI=1S/C51H33N3O/c1-2-14-35(15-3-1)49-52-50(36-26-24-34(25-27-36)42-22-10-18-32-12-6-8-20-40(32)42)54-51(53-49)45-29-39(43-23-11-19-33-13-7-9-21-41(33)43)31-47-48(45)44-28-37-16-4-5-17-38(37)30-46(44)55-47/h1-31,49H,(H,52,53,54). The first-order chi connectivity index (χ1) is 27.2. The normalized spacial score (nSPS) is 14.4. The molecule has 0 saturated heterocycles. The van der Waals surface area contributed by atoms with E-state index in [0.29, 0.717) is 5.84 Å². The molecule has 10 aromatic rings. The molecule has 0 amide bonds. The molecule has 4 nitrogen and oxygen atoms in total. The summed E-state index contributed by atoms with van der Waals surface area (Å²) in [5.41, 5.74) is 9.20. The summed E-state index contributed by atoms with van der Waals surface area (Å²) in [6.07, 6.45) is -0.350. The van der Waals surface area contributed by atoms with Crippen molar-refractivity contribution in [2.24, 2.45) is 9.98 Å². The topological polar surface area (TPSA) is 49.9 Å². The zero-order chi connectivity index (χ0) is 36.3. The van der Waals surface area contributed by atoms with Crippen LogP contribution in [-0.2, 0) is 0 Å². The molecule has 0 aliphatic carbocycles. The van der Waals surface area contributed by atoms with Crippen LogP contribution < -0.4 is 5.32 Å². The van der Waals surface area contributed by atoms with Gasteiger partial charge in [-0.3, -0.25) is 0 Å². The van der Waals surface area contributed by atoms with E-state index in [2.05, 4.69) is 187 Å². The van der Waals surface area contributed by atoms with Gasteiger partial charge in [-0.05, 0) is 84.4 Å². The van der Waals surface area contributed by atoms with Gasteiger partial charge in [0, 0.05) is 21.9 Å². The molecule has 9 aromatic carbocycles. The van der Waals surface area contributed by atoms with Crippen molar-refractivity contribution in [1.82, 2.24) is 5.32 Å². The van der Waals surface area contributed by atoms with Gasteiger partial charge in [-0.2, -0.15) is 0 Å². The highest BCUT2D eigenvalue weighted by molar-refractivity contribution is 6.24. The first kappa shape index (κ1) is 31.2. The molecule has 258 valence electrons. The molecule has 1 atom stereocenters. The van der Waals surface area contributed by atoms with E-state index < -0.39 is 0 Å². The molecule has 0 bridgehead atoms. The summed E-state index contributed by atoms with van der Waals surface area (Å²) in [5, 5.41) is 13.0. The van der Waals surface area contributed by atoms with Crippen molar-refractivity contribution in [2.75, 3.05) is 0 Å². The van der Waals surface area contributed by atoms with Gasteiger partial charge in [0.15, 0.2) is 5.84 Å². The molecule has 4 heteroatoms. The van der Waals surface area contributed by atoms with Crippen molar-refractivity contribution in [2.45, 2.75) is 6.17 Å². The average Bonchev–Trinajstić information content (AvgIpc) is 3.62. The number of aliphatic imine (C=N–C) groups is 2. The second-order valence-corrected chi connectivity index (χ2v) is 14.2. The first-order valence-electron chi connectivity index (χ1n) is 18.7. The smallest absolute Gasteiger partial charge is 0.159 e. The Morgan fingerprint density at radius 2 is 1.00 bits per heavy atom. The lowest BCUT2D eigenvalue weighted by molar-refractivity contribution is 0.668. The summed E-state index contributed by atoms with van der Waals surface area (Å²) in [6, 6.07) is 66.4. The van der Waals surface area contributed by atoms with Gasteiger partial charge in [0.1, 0.15) is 23.2 Å². The molecular formula is C51H33N3O. The highest BCUT2D eigenvalue weighted by Gasteiger charge is 2.25. The van der Waals surface area contributed by atoms with Crippen LogP contribution in [0.2, 0.25) is 0 Å². The highest BCUT2D eigenvalue weighted by atomic mass is 16.3. The predicted octanol–water partition coefficient (Wildman–Crippen LogP) is 12.9. The largest absolute Gasteiger partial charge is 0.456 e. The molecule has 1 unspecified atom stereocenters. The number of hydrogen-bond donors (Lipinski definition) is 1. The van der Waals surface area contributed by atoms with E-state index in [1.54, 1.807) is 0 Å². The number of nitrogens with one attached hydrogen (secondary N) is 1. The Labute approximate surface area is 317 Å². The number of furan rings is 1. The Kier molecular flexibility index (Phi) is 7.20. The molecule has 11 rings (SSSR count). The molecule has 55 heavy (non-hydrogen) atoms. The minimum Gasteiger partial charge on any atom is -0.456 e. The minimum absolute atomic E-state index is 0.350. The van der Waals surface area contributed by atoms with Gasteiger partial charge in [-0.15, -0.1) is 0 Å². The van der Waals surface area contributed by atoms with Crippen molar-refractivity contribution < 1.29 is 4.42 Å². The number of fused-ring (bicyclic) bond motifs is 6.